The maximum absolute atomic E-state index is 3.97. The molecule has 0 spiro atoms. The molecule has 2 nitrogen and oxygen atoms in total. The van der Waals surface area contributed by atoms with E-state index < -0.39 is 0 Å². The van der Waals surface area contributed by atoms with Crippen molar-refractivity contribution in [3.05, 3.63) is 42.0 Å². The zero-order chi connectivity index (χ0) is 7.94. The molecule has 0 saturated carbocycles. The van der Waals surface area contributed by atoms with Crippen molar-refractivity contribution in [3.8, 4) is 0 Å². The van der Waals surface area contributed by atoms with E-state index >= 15 is 0 Å². The van der Waals surface area contributed by atoms with E-state index in [1.54, 1.807) is 0 Å². The Morgan fingerprint density at radius 1 is 1.64 bits per heavy atom. The minimum atomic E-state index is -0.380. The Balaban J connectivity index is 2.28. The van der Waals surface area contributed by atoms with Crippen molar-refractivity contribution < 1.29 is 18.2 Å². The number of rotatable bonds is 4. The van der Waals surface area contributed by atoms with Gasteiger partial charge in [-0.1, -0.05) is 0 Å². The molecule has 1 heterocycles. The second kappa shape index (κ2) is 5.06. The van der Waals surface area contributed by atoms with Crippen LogP contribution < -0.4 is 0 Å². The topological polar surface area (TPSA) is 17.8 Å². The molecule has 59 valence electrons. The van der Waals surface area contributed by atoms with Crippen molar-refractivity contribution in [1.29, 1.82) is 0 Å². The number of hydrogen-bond acceptors (Lipinski definition) is 1. The second-order valence-electron chi connectivity index (χ2n) is 1.89. The first-order chi connectivity index (χ1) is 5.43. The Hall–Kier alpha value is -0.648. The molecule has 0 fully saturated rings. The van der Waals surface area contributed by atoms with Gasteiger partial charge in [-0.2, -0.15) is 0 Å². The second-order valence-corrected chi connectivity index (χ2v) is 4.90. The molecule has 0 N–H and O–H groups in total. The molecule has 0 unspecified atom stereocenters. The van der Waals surface area contributed by atoms with Gasteiger partial charge in [0.05, 0.1) is 0 Å². The molecule has 0 aliphatic heterocycles. The van der Waals surface area contributed by atoms with E-state index in [-0.39, 0.29) is 18.2 Å². The van der Waals surface area contributed by atoms with E-state index in [4.69, 9.17) is 0 Å². The Bertz CT molecular complexity index is 226. The zero-order valence-corrected chi connectivity index (χ0v) is 8.87. The van der Waals surface area contributed by atoms with Crippen molar-refractivity contribution in [2.24, 2.45) is 0 Å². The molecule has 3 heteroatoms. The summed E-state index contributed by atoms with van der Waals surface area (Å²) in [4.78, 5) is 3.97. The average molecular weight is 320 g/mol. The minimum absolute atomic E-state index is 0.380. The third-order valence-corrected chi connectivity index (χ3v) is 3.61. The van der Waals surface area contributed by atoms with Crippen molar-refractivity contribution in [3.63, 3.8) is 0 Å². The summed E-state index contributed by atoms with van der Waals surface area (Å²) in [6, 6.07) is 0. The Morgan fingerprint density at radius 3 is 3.18 bits per heavy atom. The summed E-state index contributed by atoms with van der Waals surface area (Å²) in [7, 11) is 0. The molecule has 1 aromatic heterocycles. The van der Waals surface area contributed by atoms with E-state index in [1.807, 2.05) is 24.8 Å². The van der Waals surface area contributed by atoms with Gasteiger partial charge >= 0.3 is 74.8 Å². The Kier molecular flexibility index (Phi) is 3.89. The van der Waals surface area contributed by atoms with Gasteiger partial charge in [-0.3, -0.25) is 0 Å². The van der Waals surface area contributed by atoms with Gasteiger partial charge in [0.2, 0.25) is 0 Å². The van der Waals surface area contributed by atoms with Crippen LogP contribution in [0.2, 0.25) is 0 Å². The summed E-state index contributed by atoms with van der Waals surface area (Å²) in [6.45, 7) is 3.64. The molecule has 11 heavy (non-hydrogen) atoms. The molecule has 0 aliphatic carbocycles. The van der Waals surface area contributed by atoms with E-state index in [9.17, 15) is 0 Å². The average Bonchev–Trinajstić information content (AvgIpc) is 2.50. The first-order valence-corrected chi connectivity index (χ1v) is 6.09. The number of nitrogens with zero attached hydrogens (tertiary/aromatic N) is 2. The standard InChI is InChI=1S/C5H7.C3H3N2.Re/c1-3-5-4-2;1-2-5-3-4-1;/h1,3-4H,2,5H2;1-3H;/q;-1;+1. The van der Waals surface area contributed by atoms with Crippen molar-refractivity contribution in [1.82, 2.24) is 8.18 Å². The van der Waals surface area contributed by atoms with Gasteiger partial charge in [0.15, 0.2) is 0 Å². The first kappa shape index (κ1) is 8.45. The predicted molar refractivity (Wildman–Crippen MR) is 41.6 cm³/mol. The van der Waals surface area contributed by atoms with Crippen LogP contribution in [0, 0.1) is 0 Å². The van der Waals surface area contributed by atoms with Crippen LogP contribution in [-0.4, -0.2) is 8.18 Å². The van der Waals surface area contributed by atoms with Crippen LogP contribution in [-0.2, 0) is 18.2 Å². The molecule has 0 aromatic carbocycles. The van der Waals surface area contributed by atoms with Crippen LogP contribution in [0.5, 0.6) is 0 Å². The molecule has 0 bridgehead atoms. The number of hydrogen-bond donors (Lipinski definition) is 0. The normalized spacial score (nSPS) is 10.5. The Labute approximate surface area is 75.1 Å². The van der Waals surface area contributed by atoms with Gasteiger partial charge in [0.25, 0.3) is 0 Å². The van der Waals surface area contributed by atoms with Crippen LogP contribution in [0.25, 0.3) is 0 Å². The van der Waals surface area contributed by atoms with Crippen molar-refractivity contribution >= 4 is 0 Å². The summed E-state index contributed by atoms with van der Waals surface area (Å²) in [5, 5.41) is 0. The molecular formula is C8H10N2Re. The molecule has 0 amide bonds. The summed E-state index contributed by atoms with van der Waals surface area (Å²) in [5.41, 5.74) is 0. The van der Waals surface area contributed by atoms with Crippen molar-refractivity contribution in [2.75, 3.05) is 0 Å². The van der Waals surface area contributed by atoms with Crippen LogP contribution in [0.15, 0.2) is 42.0 Å². The summed E-state index contributed by atoms with van der Waals surface area (Å²) >= 11 is -0.380. The zero-order valence-electron chi connectivity index (χ0n) is 6.15. The van der Waals surface area contributed by atoms with Gasteiger partial charge in [0.1, 0.15) is 0 Å². The summed E-state index contributed by atoms with van der Waals surface area (Å²) in [5.74, 6) is 0. The monoisotopic (exact) mass is 321 g/mol. The predicted octanol–water partition coefficient (Wildman–Crippen LogP) is 1.82. The molecule has 0 saturated heterocycles. The van der Waals surface area contributed by atoms with Gasteiger partial charge in [-0.05, 0) is 0 Å². The third kappa shape index (κ3) is 3.31. The molecule has 1 aromatic rings. The van der Waals surface area contributed by atoms with Gasteiger partial charge in [0, 0.05) is 0 Å². The summed E-state index contributed by atoms with van der Waals surface area (Å²) < 4.78 is 4.42. The van der Waals surface area contributed by atoms with Gasteiger partial charge in [-0.25, -0.2) is 0 Å². The van der Waals surface area contributed by atoms with Crippen LogP contribution in [0.4, 0.5) is 0 Å². The molecule has 1 rings (SSSR count). The van der Waals surface area contributed by atoms with E-state index in [2.05, 4.69) is 25.4 Å². The summed E-state index contributed by atoms with van der Waals surface area (Å²) in [6.07, 6.45) is 10.7. The number of aromatic nitrogens is 2. The van der Waals surface area contributed by atoms with Crippen molar-refractivity contribution in [2.45, 2.75) is 6.42 Å². The third-order valence-electron chi connectivity index (χ3n) is 1.03. The first-order valence-electron chi connectivity index (χ1n) is 3.31. The molecule has 0 radical (unpaired) electrons. The fourth-order valence-electron chi connectivity index (χ4n) is 0.553. The van der Waals surface area contributed by atoms with Crippen LogP contribution in [0.3, 0.4) is 0 Å². The molecule has 0 aliphatic rings. The quantitative estimate of drug-likeness (QED) is 0.774. The molecule has 0 atom stereocenters. The fraction of sp³-hybridized carbons (Fsp3) is 0.125. The number of allylic oxidation sites excluding steroid dienone is 2. The maximum atomic E-state index is 3.97. The van der Waals surface area contributed by atoms with E-state index in [0.29, 0.717) is 0 Å². The number of imidazole rings is 1. The van der Waals surface area contributed by atoms with E-state index in [1.165, 1.54) is 0 Å². The van der Waals surface area contributed by atoms with E-state index in [0.717, 1.165) is 6.42 Å². The molecular weight excluding hydrogens is 310 g/mol. The van der Waals surface area contributed by atoms with Gasteiger partial charge < -0.3 is 0 Å². The fourth-order valence-corrected chi connectivity index (χ4v) is 2.45. The van der Waals surface area contributed by atoms with Crippen LogP contribution in [0.1, 0.15) is 6.42 Å². The van der Waals surface area contributed by atoms with Crippen LogP contribution >= 0.6 is 0 Å². The Morgan fingerprint density at radius 2 is 2.55 bits per heavy atom. The SMILES string of the molecule is C=CCC=[CH][Re][n]1ccnc1. The van der Waals surface area contributed by atoms with Gasteiger partial charge in [-0.15, -0.1) is 0 Å².